The summed E-state index contributed by atoms with van der Waals surface area (Å²) in [6.07, 6.45) is 2.52. The summed E-state index contributed by atoms with van der Waals surface area (Å²) < 4.78 is 5.34. The van der Waals surface area contributed by atoms with Gasteiger partial charge in [-0.05, 0) is 54.3 Å². The molecule has 0 aromatic heterocycles. The van der Waals surface area contributed by atoms with E-state index in [1.807, 2.05) is 24.3 Å². The first-order valence-electron chi connectivity index (χ1n) is 7.03. The predicted octanol–water partition coefficient (Wildman–Crippen LogP) is 4.92. The monoisotopic (exact) mass is 321 g/mol. The largest absolute Gasteiger partial charge is 0.497 e. The van der Waals surface area contributed by atoms with E-state index in [-0.39, 0.29) is 0 Å². The molecule has 1 saturated carbocycles. The predicted molar refractivity (Wildman–Crippen MR) is 88.3 cm³/mol. The maximum Gasteiger partial charge on any atom is 0.119 e. The highest BCUT2D eigenvalue weighted by molar-refractivity contribution is 6.35. The molecule has 0 atom stereocenters. The summed E-state index contributed by atoms with van der Waals surface area (Å²) in [4.78, 5) is 0. The van der Waals surface area contributed by atoms with Gasteiger partial charge in [0, 0.05) is 28.2 Å². The Morgan fingerprint density at radius 2 is 1.90 bits per heavy atom. The third kappa shape index (κ3) is 3.52. The molecule has 0 aliphatic heterocycles. The van der Waals surface area contributed by atoms with E-state index in [9.17, 15) is 0 Å². The van der Waals surface area contributed by atoms with Gasteiger partial charge in [0.25, 0.3) is 0 Å². The zero-order valence-electron chi connectivity index (χ0n) is 11.8. The third-order valence-corrected chi connectivity index (χ3v) is 4.25. The summed E-state index contributed by atoms with van der Waals surface area (Å²) in [6.45, 7) is 0.806. The van der Waals surface area contributed by atoms with Crippen molar-refractivity contribution in [2.75, 3.05) is 7.11 Å². The van der Waals surface area contributed by atoms with Crippen molar-refractivity contribution in [3.8, 4) is 16.9 Å². The van der Waals surface area contributed by atoms with E-state index in [4.69, 9.17) is 27.9 Å². The van der Waals surface area contributed by atoms with Crippen molar-refractivity contribution in [1.82, 2.24) is 5.32 Å². The molecule has 1 N–H and O–H groups in total. The Balaban J connectivity index is 2.00. The number of ether oxygens (including phenoxy) is 1. The first-order valence-corrected chi connectivity index (χ1v) is 7.78. The topological polar surface area (TPSA) is 21.3 Å². The van der Waals surface area contributed by atoms with Gasteiger partial charge < -0.3 is 10.1 Å². The number of nitrogens with one attached hydrogen (secondary N) is 1. The Hall–Kier alpha value is -1.22. The Bertz CT molecular complexity index is 653. The molecule has 1 aliphatic rings. The van der Waals surface area contributed by atoms with Crippen LogP contribution >= 0.6 is 23.2 Å². The van der Waals surface area contributed by atoms with Crippen molar-refractivity contribution in [3.63, 3.8) is 0 Å². The number of hydrogen-bond acceptors (Lipinski definition) is 2. The molecule has 110 valence electrons. The molecular formula is C17H17Cl2NO. The zero-order chi connectivity index (χ0) is 14.8. The van der Waals surface area contributed by atoms with Crippen LogP contribution in [-0.2, 0) is 6.54 Å². The van der Waals surface area contributed by atoms with Crippen molar-refractivity contribution >= 4 is 23.2 Å². The summed E-state index contributed by atoms with van der Waals surface area (Å²) in [5.74, 6) is 0.851. The van der Waals surface area contributed by atoms with Crippen LogP contribution < -0.4 is 10.1 Å². The van der Waals surface area contributed by atoms with Crippen LogP contribution in [0.4, 0.5) is 0 Å². The summed E-state index contributed by atoms with van der Waals surface area (Å²) in [6, 6.07) is 12.3. The van der Waals surface area contributed by atoms with Gasteiger partial charge >= 0.3 is 0 Å². The van der Waals surface area contributed by atoms with Crippen molar-refractivity contribution in [1.29, 1.82) is 0 Å². The van der Waals surface area contributed by atoms with E-state index in [1.165, 1.54) is 18.4 Å². The van der Waals surface area contributed by atoms with Crippen LogP contribution in [0.5, 0.6) is 5.75 Å². The van der Waals surface area contributed by atoms with Crippen LogP contribution in [0.15, 0.2) is 36.4 Å². The molecule has 1 fully saturated rings. The molecule has 2 nitrogen and oxygen atoms in total. The fourth-order valence-corrected chi connectivity index (χ4v) is 2.74. The summed E-state index contributed by atoms with van der Waals surface area (Å²) in [7, 11) is 1.68. The lowest BCUT2D eigenvalue weighted by Gasteiger charge is -2.14. The smallest absolute Gasteiger partial charge is 0.119 e. The van der Waals surface area contributed by atoms with Gasteiger partial charge in [-0.15, -0.1) is 0 Å². The minimum absolute atomic E-state index is 0.652. The van der Waals surface area contributed by atoms with Crippen LogP contribution in [0.25, 0.3) is 11.1 Å². The minimum atomic E-state index is 0.652. The van der Waals surface area contributed by atoms with Gasteiger partial charge in [-0.25, -0.2) is 0 Å². The highest BCUT2D eigenvalue weighted by atomic mass is 35.5. The molecule has 0 unspecified atom stereocenters. The number of hydrogen-bond donors (Lipinski definition) is 1. The lowest BCUT2D eigenvalue weighted by Crippen LogP contribution is -2.16. The van der Waals surface area contributed by atoms with E-state index >= 15 is 0 Å². The number of rotatable bonds is 5. The summed E-state index contributed by atoms with van der Waals surface area (Å²) >= 11 is 12.5. The van der Waals surface area contributed by atoms with Crippen LogP contribution in [0.2, 0.25) is 10.0 Å². The molecule has 0 heterocycles. The summed E-state index contributed by atoms with van der Waals surface area (Å²) in [5.41, 5.74) is 3.22. The lowest BCUT2D eigenvalue weighted by molar-refractivity contribution is 0.414. The highest BCUT2D eigenvalue weighted by Crippen LogP contribution is 2.35. The Labute approximate surface area is 135 Å². The molecule has 2 aromatic rings. The molecule has 0 bridgehead atoms. The van der Waals surface area contributed by atoms with E-state index in [0.717, 1.165) is 23.4 Å². The maximum absolute atomic E-state index is 6.34. The standard InChI is InChI=1S/C17H17Cl2NO/c1-21-14-5-6-15(11(8-14)10-20-13-3-4-13)16-9-12(18)2-7-17(16)19/h2,5-9,13,20H,3-4,10H2,1H3. The van der Waals surface area contributed by atoms with E-state index in [0.29, 0.717) is 16.1 Å². The molecule has 2 aromatic carbocycles. The Morgan fingerprint density at radius 1 is 1.10 bits per heavy atom. The van der Waals surface area contributed by atoms with Crippen molar-refractivity contribution in [3.05, 3.63) is 52.0 Å². The van der Waals surface area contributed by atoms with Crippen LogP contribution in [-0.4, -0.2) is 13.2 Å². The van der Waals surface area contributed by atoms with E-state index in [2.05, 4.69) is 11.4 Å². The second-order valence-corrected chi connectivity index (χ2v) is 6.15. The average molecular weight is 322 g/mol. The molecule has 0 amide bonds. The van der Waals surface area contributed by atoms with Gasteiger partial charge in [0.1, 0.15) is 5.75 Å². The molecule has 0 saturated heterocycles. The summed E-state index contributed by atoms with van der Waals surface area (Å²) in [5, 5.41) is 4.93. The van der Waals surface area contributed by atoms with Gasteiger partial charge in [-0.3, -0.25) is 0 Å². The first kappa shape index (κ1) is 14.7. The number of benzene rings is 2. The fraction of sp³-hybridized carbons (Fsp3) is 0.294. The molecule has 0 spiro atoms. The van der Waals surface area contributed by atoms with Gasteiger partial charge in [-0.1, -0.05) is 29.3 Å². The second kappa shape index (κ2) is 6.27. The molecule has 21 heavy (non-hydrogen) atoms. The van der Waals surface area contributed by atoms with Crippen LogP contribution in [0.3, 0.4) is 0 Å². The maximum atomic E-state index is 6.34. The van der Waals surface area contributed by atoms with Gasteiger partial charge in [0.2, 0.25) is 0 Å². The minimum Gasteiger partial charge on any atom is -0.497 e. The molecular weight excluding hydrogens is 305 g/mol. The van der Waals surface area contributed by atoms with Crippen LogP contribution in [0, 0.1) is 0 Å². The normalized spacial score (nSPS) is 14.2. The SMILES string of the molecule is COc1ccc(-c2cc(Cl)ccc2Cl)c(CNC2CC2)c1. The molecule has 4 heteroatoms. The third-order valence-electron chi connectivity index (χ3n) is 3.69. The number of methoxy groups -OCH3 is 1. The molecule has 3 rings (SSSR count). The first-order chi connectivity index (χ1) is 10.2. The molecule has 0 radical (unpaired) electrons. The van der Waals surface area contributed by atoms with Gasteiger partial charge in [0.15, 0.2) is 0 Å². The van der Waals surface area contributed by atoms with Gasteiger partial charge in [0.05, 0.1) is 7.11 Å². The van der Waals surface area contributed by atoms with E-state index in [1.54, 1.807) is 13.2 Å². The quantitative estimate of drug-likeness (QED) is 0.843. The lowest BCUT2D eigenvalue weighted by atomic mass is 9.99. The van der Waals surface area contributed by atoms with Crippen molar-refractivity contribution in [2.45, 2.75) is 25.4 Å². The average Bonchev–Trinajstić information content (AvgIpc) is 3.32. The number of halogens is 2. The van der Waals surface area contributed by atoms with Gasteiger partial charge in [-0.2, -0.15) is 0 Å². The van der Waals surface area contributed by atoms with Crippen molar-refractivity contribution < 1.29 is 4.74 Å². The van der Waals surface area contributed by atoms with E-state index < -0.39 is 0 Å². The highest BCUT2D eigenvalue weighted by Gasteiger charge is 2.21. The zero-order valence-corrected chi connectivity index (χ0v) is 13.3. The fourth-order valence-electron chi connectivity index (χ4n) is 2.35. The van der Waals surface area contributed by atoms with Crippen LogP contribution in [0.1, 0.15) is 18.4 Å². The Morgan fingerprint density at radius 3 is 2.62 bits per heavy atom. The Kier molecular flexibility index (Phi) is 4.39. The van der Waals surface area contributed by atoms with Crippen molar-refractivity contribution in [2.24, 2.45) is 0 Å². The molecule has 1 aliphatic carbocycles. The second-order valence-electron chi connectivity index (χ2n) is 5.30.